The molecule has 0 amide bonds. The summed E-state index contributed by atoms with van der Waals surface area (Å²) in [6.07, 6.45) is 11.3. The van der Waals surface area contributed by atoms with E-state index < -0.39 is 0 Å². The van der Waals surface area contributed by atoms with Gasteiger partial charge in [-0.3, -0.25) is 4.79 Å². The number of hydrogen-bond acceptors (Lipinski definition) is 4. The van der Waals surface area contributed by atoms with Gasteiger partial charge in [0.05, 0.1) is 5.71 Å². The van der Waals surface area contributed by atoms with Crippen molar-refractivity contribution in [1.29, 1.82) is 0 Å². The minimum Gasteiger partial charge on any atom is -0.462 e. The number of hydrogen-bond donors (Lipinski definition) is 1. The molecule has 0 unspecified atom stereocenters. The standard InChI is InChI=1S/C21H31NO3/c1-13(23)25-19-7-6-17-16-5-4-14-12-15(22-24)8-10-20(14,2)18(16)9-11-21(17,19)3/h12,16-19,24H,4-11H2,1-3H3/b22-15-/t16-,17-,18-,19+,20-,21-/m0/s1. The summed E-state index contributed by atoms with van der Waals surface area (Å²) in [5.41, 5.74) is 2.78. The smallest absolute Gasteiger partial charge is 0.302 e. The molecule has 4 rings (SSSR count). The summed E-state index contributed by atoms with van der Waals surface area (Å²) in [5.74, 6) is 2.02. The third-order valence-electron chi connectivity index (χ3n) is 8.33. The zero-order valence-electron chi connectivity index (χ0n) is 15.8. The SMILES string of the molecule is CC(=O)O[C@@H]1CC[C@H]2[C@@H]3CCC4=C/C(=N\O)CC[C@]4(C)[C@H]3CC[C@]12C. The van der Waals surface area contributed by atoms with E-state index in [2.05, 4.69) is 25.1 Å². The number of nitrogens with zero attached hydrogens (tertiary/aromatic N) is 1. The number of ether oxygens (including phenoxy) is 1. The Hall–Kier alpha value is -1.32. The average molecular weight is 345 g/mol. The highest BCUT2D eigenvalue weighted by Gasteiger charge is 2.59. The molecule has 0 radical (unpaired) electrons. The van der Waals surface area contributed by atoms with Crippen molar-refractivity contribution in [2.75, 3.05) is 0 Å². The highest BCUT2D eigenvalue weighted by Crippen LogP contribution is 2.65. The second-order valence-electron chi connectivity index (χ2n) is 9.31. The fourth-order valence-corrected chi connectivity index (χ4v) is 7.00. The summed E-state index contributed by atoms with van der Waals surface area (Å²) >= 11 is 0. The van der Waals surface area contributed by atoms with Crippen molar-refractivity contribution < 1.29 is 14.7 Å². The molecule has 4 aliphatic rings. The Morgan fingerprint density at radius 2 is 1.96 bits per heavy atom. The van der Waals surface area contributed by atoms with E-state index in [1.807, 2.05) is 0 Å². The predicted molar refractivity (Wildman–Crippen MR) is 96.5 cm³/mol. The molecule has 3 fully saturated rings. The van der Waals surface area contributed by atoms with Crippen molar-refractivity contribution in [2.45, 2.75) is 78.2 Å². The van der Waals surface area contributed by atoms with Gasteiger partial charge in [0.2, 0.25) is 0 Å². The monoisotopic (exact) mass is 345 g/mol. The summed E-state index contributed by atoms with van der Waals surface area (Å²) in [6, 6.07) is 0. The molecule has 0 aromatic carbocycles. The van der Waals surface area contributed by atoms with Crippen molar-refractivity contribution in [3.8, 4) is 0 Å². The predicted octanol–water partition coefficient (Wildman–Crippen LogP) is 4.71. The maximum Gasteiger partial charge on any atom is 0.302 e. The van der Waals surface area contributed by atoms with Crippen LogP contribution in [0.4, 0.5) is 0 Å². The van der Waals surface area contributed by atoms with E-state index in [4.69, 9.17) is 9.94 Å². The van der Waals surface area contributed by atoms with Gasteiger partial charge in [-0.15, -0.1) is 0 Å². The van der Waals surface area contributed by atoms with Gasteiger partial charge < -0.3 is 9.94 Å². The van der Waals surface area contributed by atoms with E-state index in [-0.39, 0.29) is 22.9 Å². The number of rotatable bonds is 1. The van der Waals surface area contributed by atoms with Gasteiger partial charge in [-0.25, -0.2) is 0 Å². The molecular weight excluding hydrogens is 314 g/mol. The quantitative estimate of drug-likeness (QED) is 0.425. The highest BCUT2D eigenvalue weighted by molar-refractivity contribution is 5.96. The van der Waals surface area contributed by atoms with Crippen LogP contribution in [0.15, 0.2) is 16.8 Å². The molecular formula is C21H31NO3. The fraction of sp³-hybridized carbons (Fsp3) is 0.810. The van der Waals surface area contributed by atoms with E-state index in [1.54, 1.807) is 6.92 Å². The molecule has 25 heavy (non-hydrogen) atoms. The molecule has 6 atom stereocenters. The van der Waals surface area contributed by atoms with Gasteiger partial charge in [0, 0.05) is 12.3 Å². The normalized spacial score (nSPS) is 47.5. The van der Waals surface area contributed by atoms with Crippen molar-refractivity contribution in [2.24, 2.45) is 33.7 Å². The van der Waals surface area contributed by atoms with Crippen molar-refractivity contribution in [3.63, 3.8) is 0 Å². The summed E-state index contributed by atoms with van der Waals surface area (Å²) < 4.78 is 5.73. The van der Waals surface area contributed by atoms with Crippen LogP contribution in [0.5, 0.6) is 0 Å². The van der Waals surface area contributed by atoms with Gasteiger partial charge in [0.1, 0.15) is 6.10 Å². The number of carbonyl (C=O) groups is 1. The Morgan fingerprint density at radius 1 is 1.16 bits per heavy atom. The van der Waals surface area contributed by atoms with Crippen LogP contribution in [0.3, 0.4) is 0 Å². The van der Waals surface area contributed by atoms with Gasteiger partial charge in [0.15, 0.2) is 0 Å². The Labute approximate surface area is 150 Å². The summed E-state index contributed by atoms with van der Waals surface area (Å²) in [4.78, 5) is 11.5. The zero-order valence-corrected chi connectivity index (χ0v) is 15.8. The van der Waals surface area contributed by atoms with E-state index in [9.17, 15) is 4.79 Å². The van der Waals surface area contributed by atoms with Crippen LogP contribution in [0.25, 0.3) is 0 Å². The van der Waals surface area contributed by atoms with E-state index >= 15 is 0 Å². The van der Waals surface area contributed by atoms with Crippen LogP contribution in [-0.4, -0.2) is 23.0 Å². The van der Waals surface area contributed by atoms with E-state index in [0.29, 0.717) is 5.92 Å². The van der Waals surface area contributed by atoms with Crippen LogP contribution in [0.2, 0.25) is 0 Å². The zero-order chi connectivity index (χ0) is 17.8. The molecule has 138 valence electrons. The molecule has 0 aliphatic heterocycles. The number of esters is 1. The van der Waals surface area contributed by atoms with Crippen molar-refractivity contribution in [3.05, 3.63) is 11.6 Å². The first-order chi connectivity index (χ1) is 11.9. The Kier molecular flexibility index (Phi) is 4.01. The Morgan fingerprint density at radius 3 is 2.68 bits per heavy atom. The molecule has 0 bridgehead atoms. The van der Waals surface area contributed by atoms with Crippen molar-refractivity contribution in [1.82, 2.24) is 0 Å². The lowest BCUT2D eigenvalue weighted by Crippen LogP contribution is -2.51. The van der Waals surface area contributed by atoms with E-state index in [0.717, 1.165) is 43.2 Å². The first-order valence-corrected chi connectivity index (χ1v) is 9.97. The molecule has 3 saturated carbocycles. The van der Waals surface area contributed by atoms with Gasteiger partial charge >= 0.3 is 5.97 Å². The lowest BCUT2D eigenvalue weighted by atomic mass is 9.47. The van der Waals surface area contributed by atoms with Crippen molar-refractivity contribution >= 4 is 11.7 Å². The largest absolute Gasteiger partial charge is 0.462 e. The molecule has 0 aromatic heterocycles. The molecule has 4 nitrogen and oxygen atoms in total. The van der Waals surface area contributed by atoms with Crippen LogP contribution < -0.4 is 0 Å². The minimum absolute atomic E-state index is 0.111. The second kappa shape index (κ2) is 5.85. The molecule has 0 heterocycles. The summed E-state index contributed by atoms with van der Waals surface area (Å²) in [6.45, 7) is 6.37. The molecule has 1 N–H and O–H groups in total. The molecule has 4 heteroatoms. The summed E-state index contributed by atoms with van der Waals surface area (Å²) in [5, 5.41) is 12.6. The number of allylic oxidation sites excluding steroid dienone is 2. The fourth-order valence-electron chi connectivity index (χ4n) is 7.00. The van der Waals surface area contributed by atoms with Gasteiger partial charge in [-0.2, -0.15) is 0 Å². The summed E-state index contributed by atoms with van der Waals surface area (Å²) in [7, 11) is 0. The van der Waals surface area contributed by atoms with Crippen LogP contribution in [0.1, 0.15) is 72.1 Å². The number of fused-ring (bicyclic) bond motifs is 5. The Balaban J connectivity index is 1.61. The van der Waals surface area contributed by atoms with Gasteiger partial charge in [0.25, 0.3) is 0 Å². The van der Waals surface area contributed by atoms with Crippen LogP contribution in [-0.2, 0) is 9.53 Å². The maximum absolute atomic E-state index is 11.5. The van der Waals surface area contributed by atoms with Crippen LogP contribution >= 0.6 is 0 Å². The third kappa shape index (κ3) is 2.47. The lowest BCUT2D eigenvalue weighted by molar-refractivity contribution is -0.157. The third-order valence-corrected chi connectivity index (χ3v) is 8.33. The first-order valence-electron chi connectivity index (χ1n) is 9.97. The highest BCUT2D eigenvalue weighted by atomic mass is 16.5. The first kappa shape index (κ1) is 17.1. The second-order valence-corrected chi connectivity index (χ2v) is 9.31. The lowest BCUT2D eigenvalue weighted by Gasteiger charge is -2.57. The topological polar surface area (TPSA) is 58.9 Å². The number of oxime groups is 1. The van der Waals surface area contributed by atoms with Crippen LogP contribution in [0, 0.1) is 28.6 Å². The molecule has 0 spiro atoms. The van der Waals surface area contributed by atoms with E-state index in [1.165, 1.54) is 31.3 Å². The average Bonchev–Trinajstić information content (AvgIpc) is 2.90. The molecule has 4 aliphatic carbocycles. The maximum atomic E-state index is 11.5. The van der Waals surface area contributed by atoms with Gasteiger partial charge in [-0.1, -0.05) is 24.6 Å². The Bertz CT molecular complexity index is 639. The van der Waals surface area contributed by atoms with Gasteiger partial charge in [-0.05, 0) is 80.6 Å². The molecule has 0 saturated heterocycles. The minimum atomic E-state index is -0.127. The molecule has 0 aromatic rings. The number of carbonyl (C=O) groups excluding carboxylic acids is 1.